The first-order valence-electron chi connectivity index (χ1n) is 17.2. The summed E-state index contributed by atoms with van der Waals surface area (Å²) in [5, 5.41) is 14.9. The molecule has 252 valence electrons. The Morgan fingerprint density at radius 1 is 0.667 bits per heavy atom. The minimum atomic E-state index is -1.55. The predicted molar refractivity (Wildman–Crippen MR) is 190 cm³/mol. The number of benzene rings is 4. The first kappa shape index (κ1) is 36.1. The Labute approximate surface area is 283 Å². The summed E-state index contributed by atoms with van der Waals surface area (Å²) in [6.45, 7) is 2.93. The van der Waals surface area contributed by atoms with E-state index in [-0.39, 0.29) is 11.7 Å². The third-order valence-corrected chi connectivity index (χ3v) is 8.66. The van der Waals surface area contributed by atoms with Gasteiger partial charge in [0.15, 0.2) is 0 Å². The van der Waals surface area contributed by atoms with Gasteiger partial charge in [-0.2, -0.15) is 0 Å². The molecule has 3 N–H and O–H groups in total. The quantitative estimate of drug-likeness (QED) is 0.0739. The van der Waals surface area contributed by atoms with Crippen molar-refractivity contribution in [1.29, 1.82) is 0 Å². The van der Waals surface area contributed by atoms with Gasteiger partial charge in [0, 0.05) is 12.1 Å². The summed E-state index contributed by atoms with van der Waals surface area (Å²) >= 11 is 0. The number of carboxylic acids is 1. The zero-order valence-corrected chi connectivity index (χ0v) is 27.9. The van der Waals surface area contributed by atoms with Crippen LogP contribution >= 0.6 is 0 Å². The number of nitrogens with one attached hydrogen (secondary N) is 2. The molecule has 0 bridgehead atoms. The van der Waals surface area contributed by atoms with Crippen molar-refractivity contribution in [3.63, 3.8) is 0 Å². The molecule has 0 heterocycles. The molecule has 48 heavy (non-hydrogen) atoms. The summed E-state index contributed by atoms with van der Waals surface area (Å²) in [7, 11) is 0. The van der Waals surface area contributed by atoms with Crippen molar-refractivity contribution in [2.75, 3.05) is 6.54 Å². The van der Waals surface area contributed by atoms with E-state index in [9.17, 15) is 23.9 Å². The average Bonchev–Trinajstić information content (AvgIpc) is 3.11. The maximum Gasteiger partial charge on any atom is 0.394 e. The molecule has 0 aromatic heterocycles. The summed E-state index contributed by atoms with van der Waals surface area (Å²) in [6, 6.07) is 28.3. The van der Waals surface area contributed by atoms with E-state index in [0.29, 0.717) is 18.5 Å². The van der Waals surface area contributed by atoms with E-state index >= 15 is 0 Å². The van der Waals surface area contributed by atoms with E-state index in [1.54, 1.807) is 12.1 Å². The van der Waals surface area contributed by atoms with Crippen LogP contribution in [0.1, 0.15) is 98.7 Å². The monoisotopic (exact) mass is 650 g/mol. The van der Waals surface area contributed by atoms with Crippen LogP contribution in [0.2, 0.25) is 0 Å². The van der Waals surface area contributed by atoms with Crippen molar-refractivity contribution < 1.29 is 23.9 Å². The van der Waals surface area contributed by atoms with Crippen molar-refractivity contribution >= 4 is 17.8 Å². The highest BCUT2D eigenvalue weighted by molar-refractivity contribution is 6.31. The van der Waals surface area contributed by atoms with Crippen molar-refractivity contribution in [3.8, 4) is 22.3 Å². The second-order valence-electron chi connectivity index (χ2n) is 12.4. The molecule has 0 aliphatic rings. The predicted octanol–water partition coefficient (Wildman–Crippen LogP) is 9.29. The topological polar surface area (TPSA) is 95.5 Å². The molecule has 0 radical (unpaired) electrons. The minimum absolute atomic E-state index is 0.0641. The van der Waals surface area contributed by atoms with Crippen LogP contribution in [0, 0.1) is 5.82 Å². The van der Waals surface area contributed by atoms with Gasteiger partial charge >= 0.3 is 11.9 Å². The smallest absolute Gasteiger partial charge is 0.394 e. The van der Waals surface area contributed by atoms with Gasteiger partial charge in [-0.1, -0.05) is 131 Å². The Morgan fingerprint density at radius 3 is 1.81 bits per heavy atom. The lowest BCUT2D eigenvalue weighted by Crippen LogP contribution is -2.35. The van der Waals surface area contributed by atoms with Gasteiger partial charge in [0.25, 0.3) is 5.91 Å². The van der Waals surface area contributed by atoms with Crippen LogP contribution in [0.3, 0.4) is 0 Å². The molecule has 0 saturated carbocycles. The third-order valence-electron chi connectivity index (χ3n) is 8.66. The Balaban J connectivity index is 1.30. The molecule has 4 aromatic carbocycles. The first-order valence-corrected chi connectivity index (χ1v) is 17.2. The van der Waals surface area contributed by atoms with Crippen LogP contribution in [0.4, 0.5) is 4.39 Å². The summed E-state index contributed by atoms with van der Waals surface area (Å²) in [6.07, 6.45) is 13.0. The fourth-order valence-electron chi connectivity index (χ4n) is 5.85. The van der Waals surface area contributed by atoms with Crippen molar-refractivity contribution in [3.05, 3.63) is 120 Å². The normalized spacial score (nSPS) is 11.5. The molecule has 7 heteroatoms. The van der Waals surface area contributed by atoms with Gasteiger partial charge in [-0.15, -0.1) is 0 Å². The van der Waals surface area contributed by atoms with Crippen LogP contribution in [-0.2, 0) is 16.0 Å². The van der Waals surface area contributed by atoms with Gasteiger partial charge in [0.1, 0.15) is 5.82 Å². The van der Waals surface area contributed by atoms with Gasteiger partial charge in [-0.3, -0.25) is 9.59 Å². The number of carbonyl (C=O) groups excluding carboxylic acids is 2. The number of halogens is 1. The average molecular weight is 651 g/mol. The van der Waals surface area contributed by atoms with Gasteiger partial charge in [-0.25, -0.2) is 9.18 Å². The molecule has 2 amide bonds. The maximum atomic E-state index is 13.5. The SMILES string of the molecule is CCCCCCCCCCCCNC(=O)c1ccc(-c2ccc(CC(NC(=O)C(=O)O)c3cccc(-c4ccc(F)cc4)c3)cc2)cc1. The van der Waals surface area contributed by atoms with E-state index in [2.05, 4.69) is 17.6 Å². The van der Waals surface area contributed by atoms with E-state index < -0.39 is 17.9 Å². The number of hydrogen-bond acceptors (Lipinski definition) is 3. The summed E-state index contributed by atoms with van der Waals surface area (Å²) < 4.78 is 13.5. The van der Waals surface area contributed by atoms with Crippen molar-refractivity contribution in [2.45, 2.75) is 83.6 Å². The zero-order valence-electron chi connectivity index (χ0n) is 27.9. The van der Waals surface area contributed by atoms with Crippen LogP contribution in [0.15, 0.2) is 97.1 Å². The largest absolute Gasteiger partial charge is 0.474 e. The molecule has 0 spiro atoms. The number of carbonyl (C=O) groups is 3. The summed E-state index contributed by atoms with van der Waals surface area (Å²) in [5.41, 5.74) is 5.84. The lowest BCUT2D eigenvalue weighted by molar-refractivity contribution is -0.150. The van der Waals surface area contributed by atoms with E-state index in [4.69, 9.17) is 0 Å². The Hall–Kier alpha value is -4.78. The number of unbranched alkanes of at least 4 members (excludes halogenated alkanes) is 9. The third kappa shape index (κ3) is 11.5. The number of amides is 2. The van der Waals surface area contributed by atoms with E-state index in [0.717, 1.165) is 46.2 Å². The lowest BCUT2D eigenvalue weighted by Gasteiger charge is -2.19. The highest BCUT2D eigenvalue weighted by Gasteiger charge is 2.20. The van der Waals surface area contributed by atoms with Gasteiger partial charge in [0.05, 0.1) is 6.04 Å². The fraction of sp³-hybridized carbons (Fsp3) is 0.341. The molecule has 4 rings (SSSR count). The first-order chi connectivity index (χ1) is 23.3. The Bertz CT molecular complexity index is 1600. The molecule has 0 aliphatic carbocycles. The Morgan fingerprint density at radius 2 is 1.21 bits per heavy atom. The summed E-state index contributed by atoms with van der Waals surface area (Å²) in [4.78, 5) is 36.2. The lowest BCUT2D eigenvalue weighted by atomic mass is 9.94. The highest BCUT2D eigenvalue weighted by atomic mass is 19.1. The molecular weight excluding hydrogens is 603 g/mol. The van der Waals surface area contributed by atoms with Crippen LogP contribution in [-0.4, -0.2) is 29.4 Å². The number of rotatable bonds is 18. The zero-order chi connectivity index (χ0) is 34.1. The van der Waals surface area contributed by atoms with Gasteiger partial charge in [-0.05, 0) is 76.6 Å². The number of hydrogen-bond donors (Lipinski definition) is 3. The molecule has 0 fully saturated rings. The van der Waals surface area contributed by atoms with Crippen LogP contribution in [0.5, 0.6) is 0 Å². The van der Waals surface area contributed by atoms with E-state index in [1.807, 2.05) is 72.8 Å². The van der Waals surface area contributed by atoms with Crippen LogP contribution < -0.4 is 10.6 Å². The fourth-order valence-corrected chi connectivity index (χ4v) is 5.85. The number of carboxylic acid groups (broad SMARTS) is 1. The van der Waals surface area contributed by atoms with Gasteiger partial charge < -0.3 is 15.7 Å². The maximum absolute atomic E-state index is 13.5. The van der Waals surface area contributed by atoms with Gasteiger partial charge in [0.2, 0.25) is 0 Å². The van der Waals surface area contributed by atoms with E-state index in [1.165, 1.54) is 63.5 Å². The van der Waals surface area contributed by atoms with Crippen molar-refractivity contribution in [2.24, 2.45) is 0 Å². The summed E-state index contributed by atoms with van der Waals surface area (Å²) in [5.74, 6) is -3.04. The number of aliphatic carboxylic acids is 1. The molecular formula is C41H47FN2O4. The minimum Gasteiger partial charge on any atom is -0.474 e. The molecule has 1 atom stereocenters. The second-order valence-corrected chi connectivity index (χ2v) is 12.4. The molecule has 0 aliphatic heterocycles. The molecule has 6 nitrogen and oxygen atoms in total. The molecule has 0 saturated heterocycles. The highest BCUT2D eigenvalue weighted by Crippen LogP contribution is 2.27. The standard InChI is InChI=1S/C41H47FN2O4/c1-2-3-4-5-6-7-8-9-10-11-27-43-39(45)34-21-19-32(20-22-34)31-17-15-30(16-18-31)28-38(44-40(46)41(47)48)36-14-12-13-35(29-36)33-23-25-37(42)26-24-33/h12-26,29,38H,2-11,27-28H2,1H3,(H,43,45)(H,44,46)(H,47,48). The second kappa shape index (κ2) is 19.1. The Kier molecular flexibility index (Phi) is 14.4. The van der Waals surface area contributed by atoms with Crippen LogP contribution in [0.25, 0.3) is 22.3 Å². The molecule has 4 aromatic rings. The molecule has 1 unspecified atom stereocenters. The van der Waals surface area contributed by atoms with Crippen molar-refractivity contribution in [1.82, 2.24) is 10.6 Å².